The topological polar surface area (TPSA) is 55.4 Å². The molecule has 0 saturated heterocycles. The van der Waals surface area contributed by atoms with Crippen molar-refractivity contribution in [1.82, 2.24) is 5.32 Å². The number of Topliss-reactive ketones (excluding diaryl/α,β-unsaturated/α-hetero) is 1. The Morgan fingerprint density at radius 3 is 2.48 bits per heavy atom. The van der Waals surface area contributed by atoms with E-state index in [1.165, 1.54) is 12.8 Å². The molecule has 2 aliphatic rings. The van der Waals surface area contributed by atoms with Gasteiger partial charge >= 0.3 is 6.09 Å². The zero-order chi connectivity index (χ0) is 16.2. The first kappa shape index (κ1) is 16.5. The molecule has 0 radical (unpaired) electrons. The number of halogens is 1. The third kappa shape index (κ3) is 4.34. The van der Waals surface area contributed by atoms with Gasteiger partial charge in [-0.2, -0.15) is 0 Å². The molecule has 0 bridgehead atoms. The highest BCUT2D eigenvalue weighted by atomic mass is 79.9. The first-order valence-electron chi connectivity index (χ1n) is 8.24. The maximum atomic E-state index is 12.1. The summed E-state index contributed by atoms with van der Waals surface area (Å²) in [5.41, 5.74) is 1.00. The van der Waals surface area contributed by atoms with Crippen LogP contribution in [0.15, 0.2) is 30.3 Å². The summed E-state index contributed by atoms with van der Waals surface area (Å²) in [5, 5.41) is 2.96. The fraction of sp³-hybridized carbons (Fsp3) is 0.556. The van der Waals surface area contributed by atoms with E-state index in [0.29, 0.717) is 6.54 Å². The van der Waals surface area contributed by atoms with Crippen LogP contribution in [0.3, 0.4) is 0 Å². The number of ketones is 1. The number of amides is 1. The van der Waals surface area contributed by atoms with Gasteiger partial charge in [0.25, 0.3) is 0 Å². The van der Waals surface area contributed by atoms with Gasteiger partial charge in [0.05, 0.1) is 5.33 Å². The lowest BCUT2D eigenvalue weighted by molar-refractivity contribution is -0.130. The Bertz CT molecular complexity index is 553. The highest BCUT2D eigenvalue weighted by Crippen LogP contribution is 2.50. The summed E-state index contributed by atoms with van der Waals surface area (Å²) in [6.07, 6.45) is 3.56. The minimum Gasteiger partial charge on any atom is -0.438 e. The van der Waals surface area contributed by atoms with Crippen molar-refractivity contribution < 1.29 is 14.3 Å². The highest BCUT2D eigenvalue weighted by Gasteiger charge is 2.46. The van der Waals surface area contributed by atoms with Crippen molar-refractivity contribution in [3.8, 4) is 0 Å². The van der Waals surface area contributed by atoms with Gasteiger partial charge in [-0.1, -0.05) is 46.3 Å². The number of benzene rings is 1. The normalized spacial score (nSPS) is 24.4. The van der Waals surface area contributed by atoms with Crippen LogP contribution in [-0.2, 0) is 16.1 Å². The predicted molar refractivity (Wildman–Crippen MR) is 91.3 cm³/mol. The van der Waals surface area contributed by atoms with Gasteiger partial charge in [-0.05, 0) is 43.1 Å². The van der Waals surface area contributed by atoms with E-state index in [1.807, 2.05) is 30.3 Å². The number of carbonyl (C=O) groups excluding carboxylic acids is 2. The van der Waals surface area contributed by atoms with Crippen molar-refractivity contribution in [2.24, 2.45) is 17.8 Å². The second-order valence-electron chi connectivity index (χ2n) is 6.59. The van der Waals surface area contributed by atoms with Crippen LogP contribution < -0.4 is 5.32 Å². The van der Waals surface area contributed by atoms with Crippen molar-refractivity contribution in [3.63, 3.8) is 0 Å². The maximum absolute atomic E-state index is 12.1. The predicted octanol–water partition coefficient (Wildman–Crippen LogP) is 3.68. The third-order valence-electron chi connectivity index (χ3n) is 4.89. The monoisotopic (exact) mass is 379 g/mol. The van der Waals surface area contributed by atoms with Gasteiger partial charge < -0.3 is 10.1 Å². The first-order valence-corrected chi connectivity index (χ1v) is 9.36. The molecule has 124 valence electrons. The second kappa shape index (κ2) is 7.47. The summed E-state index contributed by atoms with van der Waals surface area (Å²) in [4.78, 5) is 24.1. The number of rotatable bonds is 7. The van der Waals surface area contributed by atoms with Crippen molar-refractivity contribution >= 4 is 27.8 Å². The lowest BCUT2D eigenvalue weighted by atomic mass is 9.69. The molecule has 4 nitrogen and oxygen atoms in total. The van der Waals surface area contributed by atoms with Gasteiger partial charge in [0, 0.05) is 12.5 Å². The number of nitrogens with one attached hydrogen (secondary N) is 1. The Morgan fingerprint density at radius 1 is 1.17 bits per heavy atom. The van der Waals surface area contributed by atoms with Crippen LogP contribution in [0.5, 0.6) is 0 Å². The average Bonchev–Trinajstić information content (AvgIpc) is 3.35. The van der Waals surface area contributed by atoms with Crippen molar-refractivity contribution in [1.29, 1.82) is 0 Å². The Balaban J connectivity index is 1.49. The molecular weight excluding hydrogens is 358 g/mol. The summed E-state index contributed by atoms with van der Waals surface area (Å²) in [5.74, 6) is 1.74. The quantitative estimate of drug-likeness (QED) is 0.735. The Labute approximate surface area is 145 Å². The molecule has 0 spiro atoms. The molecule has 0 aromatic heterocycles. The minimum absolute atomic E-state index is 0.0425. The molecule has 0 aliphatic heterocycles. The molecule has 1 aromatic rings. The molecule has 2 aliphatic carbocycles. The summed E-state index contributed by atoms with van der Waals surface area (Å²) in [6, 6.07) is 9.65. The Hall–Kier alpha value is -1.36. The standard InChI is InChI=1S/C18H22BrNO3/c19-10-16(21)17(15-8-14(9-15)13-6-7-13)23-18(22)20-11-12-4-2-1-3-5-12/h1-5,13-15,17H,6-11H2,(H,20,22). The molecule has 2 saturated carbocycles. The van der Waals surface area contributed by atoms with E-state index in [-0.39, 0.29) is 17.0 Å². The van der Waals surface area contributed by atoms with E-state index in [1.54, 1.807) is 0 Å². The summed E-state index contributed by atoms with van der Waals surface area (Å²) < 4.78 is 5.45. The van der Waals surface area contributed by atoms with Crippen molar-refractivity contribution in [3.05, 3.63) is 35.9 Å². The van der Waals surface area contributed by atoms with Crippen LogP contribution in [0.1, 0.15) is 31.2 Å². The number of carbonyl (C=O) groups is 2. The van der Waals surface area contributed by atoms with E-state index in [2.05, 4.69) is 21.2 Å². The summed E-state index contributed by atoms with van der Waals surface area (Å²) in [7, 11) is 0. The molecule has 1 unspecified atom stereocenters. The summed E-state index contributed by atoms with van der Waals surface area (Å²) >= 11 is 3.20. The second-order valence-corrected chi connectivity index (χ2v) is 7.15. The van der Waals surface area contributed by atoms with Crippen LogP contribution in [0.25, 0.3) is 0 Å². The number of alkyl carbamates (subject to hydrolysis) is 1. The fourth-order valence-electron chi connectivity index (χ4n) is 3.34. The number of ether oxygens (including phenoxy) is 1. The highest BCUT2D eigenvalue weighted by molar-refractivity contribution is 9.09. The van der Waals surface area contributed by atoms with Crippen molar-refractivity contribution in [2.75, 3.05) is 5.33 Å². The maximum Gasteiger partial charge on any atom is 0.408 e. The minimum atomic E-state index is -0.611. The molecule has 1 amide bonds. The van der Waals surface area contributed by atoms with E-state index in [4.69, 9.17) is 4.74 Å². The van der Waals surface area contributed by atoms with Gasteiger partial charge in [-0.3, -0.25) is 4.79 Å². The molecular formula is C18H22BrNO3. The van der Waals surface area contributed by atoms with Gasteiger partial charge in [-0.25, -0.2) is 4.79 Å². The number of hydrogen-bond donors (Lipinski definition) is 1. The van der Waals surface area contributed by atoms with Gasteiger partial charge in [0.1, 0.15) is 0 Å². The Kier molecular flexibility index (Phi) is 5.36. The van der Waals surface area contributed by atoms with Crippen LogP contribution in [-0.4, -0.2) is 23.3 Å². The zero-order valence-corrected chi connectivity index (χ0v) is 14.6. The average molecular weight is 380 g/mol. The number of hydrogen-bond acceptors (Lipinski definition) is 3. The lowest BCUT2D eigenvalue weighted by Gasteiger charge is -2.39. The van der Waals surface area contributed by atoms with Crippen LogP contribution in [0.2, 0.25) is 0 Å². The van der Waals surface area contributed by atoms with Gasteiger partial charge in [0.15, 0.2) is 11.9 Å². The molecule has 5 heteroatoms. The molecule has 23 heavy (non-hydrogen) atoms. The molecule has 1 aromatic carbocycles. The van der Waals surface area contributed by atoms with Gasteiger partial charge in [0.2, 0.25) is 0 Å². The van der Waals surface area contributed by atoms with Crippen LogP contribution in [0, 0.1) is 17.8 Å². The molecule has 3 rings (SSSR count). The van der Waals surface area contributed by atoms with Gasteiger partial charge in [-0.15, -0.1) is 0 Å². The molecule has 1 atom stereocenters. The first-order chi connectivity index (χ1) is 11.2. The van der Waals surface area contributed by atoms with Crippen LogP contribution >= 0.6 is 15.9 Å². The molecule has 1 N–H and O–H groups in total. The zero-order valence-electron chi connectivity index (χ0n) is 13.0. The SMILES string of the molecule is O=C(NCc1ccccc1)OC(C(=O)CBr)C1CC(C2CC2)C1. The fourth-order valence-corrected chi connectivity index (χ4v) is 3.66. The van der Waals surface area contributed by atoms with E-state index in [9.17, 15) is 9.59 Å². The van der Waals surface area contributed by atoms with Crippen LogP contribution in [0.4, 0.5) is 4.79 Å². The molecule has 0 heterocycles. The number of alkyl halides is 1. The molecule has 2 fully saturated rings. The smallest absolute Gasteiger partial charge is 0.408 e. The largest absolute Gasteiger partial charge is 0.438 e. The van der Waals surface area contributed by atoms with Crippen molar-refractivity contribution in [2.45, 2.75) is 38.3 Å². The summed E-state index contributed by atoms with van der Waals surface area (Å²) in [6.45, 7) is 0.407. The van der Waals surface area contributed by atoms with E-state index >= 15 is 0 Å². The van der Waals surface area contributed by atoms with E-state index < -0.39 is 12.2 Å². The van der Waals surface area contributed by atoms with E-state index in [0.717, 1.165) is 30.2 Å². The Morgan fingerprint density at radius 2 is 1.87 bits per heavy atom. The lowest BCUT2D eigenvalue weighted by Crippen LogP contribution is -2.44. The third-order valence-corrected chi connectivity index (χ3v) is 5.44.